The highest BCUT2D eigenvalue weighted by molar-refractivity contribution is 6.30. The molecular weight excluding hydrogens is 406 g/mol. The number of nitrogens with zero attached hydrogens (tertiary/aromatic N) is 5. The van der Waals surface area contributed by atoms with Crippen molar-refractivity contribution in [3.05, 3.63) is 59.0 Å². The molecule has 0 N–H and O–H groups in total. The summed E-state index contributed by atoms with van der Waals surface area (Å²) >= 11 is 6.03. The van der Waals surface area contributed by atoms with Crippen LogP contribution in [0.25, 0.3) is 11.4 Å². The van der Waals surface area contributed by atoms with Gasteiger partial charge in [-0.2, -0.15) is 4.98 Å². The van der Waals surface area contributed by atoms with Gasteiger partial charge in [-0.05, 0) is 24.1 Å². The average molecular weight is 428 g/mol. The highest BCUT2D eigenvalue weighted by Gasteiger charge is 2.29. The second-order valence-corrected chi connectivity index (χ2v) is 7.45. The van der Waals surface area contributed by atoms with Crippen molar-refractivity contribution in [2.75, 3.05) is 19.7 Å². The molecule has 8 nitrogen and oxygen atoms in total. The van der Waals surface area contributed by atoms with Crippen LogP contribution in [0.2, 0.25) is 5.02 Å². The first-order chi connectivity index (χ1) is 14.6. The molecule has 1 unspecified atom stereocenters. The summed E-state index contributed by atoms with van der Waals surface area (Å²) in [5.41, 5.74) is 2.35. The predicted octanol–water partition coefficient (Wildman–Crippen LogP) is 3.28. The van der Waals surface area contributed by atoms with Gasteiger partial charge in [0.25, 0.3) is 0 Å². The van der Waals surface area contributed by atoms with Gasteiger partial charge in [-0.15, -0.1) is 0 Å². The third kappa shape index (κ3) is 4.66. The van der Waals surface area contributed by atoms with Gasteiger partial charge < -0.3 is 14.2 Å². The number of rotatable bonds is 6. The Morgan fingerprint density at radius 3 is 3.07 bits per heavy atom. The number of aromatic nitrogens is 4. The molecule has 0 radical (unpaired) electrons. The Morgan fingerprint density at radius 1 is 1.37 bits per heavy atom. The van der Waals surface area contributed by atoms with Gasteiger partial charge in [0, 0.05) is 30.6 Å². The van der Waals surface area contributed by atoms with Gasteiger partial charge in [0.05, 0.1) is 24.4 Å². The van der Waals surface area contributed by atoms with Crippen molar-refractivity contribution in [3.63, 3.8) is 0 Å². The minimum Gasteiger partial charge on any atom is -0.368 e. The van der Waals surface area contributed by atoms with E-state index in [-0.39, 0.29) is 12.0 Å². The maximum Gasteiger partial charge on any atom is 0.226 e. The van der Waals surface area contributed by atoms with E-state index in [1.165, 1.54) is 6.33 Å². The molecular formula is C21H22ClN5O3. The Hall–Kier alpha value is -2.84. The van der Waals surface area contributed by atoms with Crippen LogP contribution < -0.4 is 0 Å². The summed E-state index contributed by atoms with van der Waals surface area (Å²) in [6, 6.07) is 7.58. The van der Waals surface area contributed by atoms with Gasteiger partial charge in [0.15, 0.2) is 0 Å². The van der Waals surface area contributed by atoms with E-state index in [4.69, 9.17) is 20.9 Å². The molecule has 0 spiro atoms. The third-order valence-corrected chi connectivity index (χ3v) is 5.23. The molecule has 1 atom stereocenters. The third-order valence-electron chi connectivity index (χ3n) is 5.00. The molecule has 1 amide bonds. The second-order valence-electron chi connectivity index (χ2n) is 7.02. The molecule has 1 fully saturated rings. The molecule has 1 aliphatic heterocycles. The number of hydrogen-bond acceptors (Lipinski definition) is 7. The molecule has 0 aliphatic carbocycles. The van der Waals surface area contributed by atoms with E-state index in [0.29, 0.717) is 67.0 Å². The molecule has 3 aromatic rings. The zero-order valence-electron chi connectivity index (χ0n) is 16.6. The summed E-state index contributed by atoms with van der Waals surface area (Å²) in [6.07, 6.45) is 4.43. The monoisotopic (exact) mass is 427 g/mol. The number of aryl methyl sites for hydroxylation is 2. The SMILES string of the molecule is CCc1nc(-c2cncnc2C2CN(C(=O)CCc3cccc(Cl)c3)CCO2)no1. The second kappa shape index (κ2) is 9.32. The Labute approximate surface area is 179 Å². The van der Waals surface area contributed by atoms with Gasteiger partial charge >= 0.3 is 0 Å². The molecule has 9 heteroatoms. The Kier molecular flexibility index (Phi) is 6.35. The molecule has 1 aromatic carbocycles. The van der Waals surface area contributed by atoms with Gasteiger partial charge in [-0.1, -0.05) is 35.8 Å². The Balaban J connectivity index is 1.46. The van der Waals surface area contributed by atoms with Gasteiger partial charge in [-0.25, -0.2) is 9.97 Å². The molecule has 1 saturated heterocycles. The zero-order chi connectivity index (χ0) is 20.9. The van der Waals surface area contributed by atoms with E-state index in [0.717, 1.165) is 5.56 Å². The van der Waals surface area contributed by atoms with Crippen LogP contribution in [0.5, 0.6) is 0 Å². The summed E-state index contributed by atoms with van der Waals surface area (Å²) < 4.78 is 11.2. The topological polar surface area (TPSA) is 94.2 Å². The molecule has 30 heavy (non-hydrogen) atoms. The van der Waals surface area contributed by atoms with Crippen molar-refractivity contribution in [2.24, 2.45) is 0 Å². The number of amides is 1. The van der Waals surface area contributed by atoms with E-state index < -0.39 is 0 Å². The molecule has 3 heterocycles. The molecule has 4 rings (SSSR count). The van der Waals surface area contributed by atoms with Crippen LogP contribution in [0.3, 0.4) is 0 Å². The van der Waals surface area contributed by atoms with Crippen LogP contribution in [0, 0.1) is 0 Å². The standard InChI is InChI=1S/C21H22ClN5O3/c1-2-18-25-21(26-30-18)16-11-23-13-24-20(16)17-12-27(8-9-29-17)19(28)7-6-14-4-3-5-15(22)10-14/h3-5,10-11,13,17H,2,6-9,12H2,1H3. The highest BCUT2D eigenvalue weighted by Crippen LogP contribution is 2.29. The minimum absolute atomic E-state index is 0.0757. The van der Waals surface area contributed by atoms with E-state index in [1.54, 1.807) is 6.20 Å². The normalized spacial score (nSPS) is 16.6. The van der Waals surface area contributed by atoms with E-state index >= 15 is 0 Å². The van der Waals surface area contributed by atoms with Crippen molar-refractivity contribution in [1.82, 2.24) is 25.0 Å². The van der Waals surface area contributed by atoms with Gasteiger partial charge in [0.1, 0.15) is 12.4 Å². The lowest BCUT2D eigenvalue weighted by atomic mass is 10.1. The smallest absolute Gasteiger partial charge is 0.226 e. The number of ether oxygens (including phenoxy) is 1. The number of benzene rings is 1. The summed E-state index contributed by atoms with van der Waals surface area (Å²) in [4.78, 5) is 27.5. The quantitative estimate of drug-likeness (QED) is 0.595. The maximum absolute atomic E-state index is 12.8. The summed E-state index contributed by atoms with van der Waals surface area (Å²) in [5, 5.41) is 4.70. The van der Waals surface area contributed by atoms with Crippen molar-refractivity contribution in [2.45, 2.75) is 32.3 Å². The Morgan fingerprint density at radius 2 is 2.27 bits per heavy atom. The minimum atomic E-state index is -0.379. The summed E-state index contributed by atoms with van der Waals surface area (Å²) in [5.74, 6) is 1.05. The Bertz CT molecular complexity index is 1030. The van der Waals surface area contributed by atoms with Crippen molar-refractivity contribution in [3.8, 4) is 11.4 Å². The number of carbonyl (C=O) groups excluding carboxylic acids is 1. The van der Waals surface area contributed by atoms with E-state index in [1.807, 2.05) is 36.1 Å². The van der Waals surface area contributed by atoms with Crippen LogP contribution in [-0.2, 0) is 22.4 Å². The maximum atomic E-state index is 12.8. The molecule has 0 bridgehead atoms. The molecule has 156 valence electrons. The van der Waals surface area contributed by atoms with E-state index in [9.17, 15) is 4.79 Å². The summed E-state index contributed by atoms with van der Waals surface area (Å²) in [7, 11) is 0. The zero-order valence-corrected chi connectivity index (χ0v) is 17.4. The number of morpholine rings is 1. The molecule has 1 aliphatic rings. The van der Waals surface area contributed by atoms with E-state index in [2.05, 4.69) is 20.1 Å². The molecule has 0 saturated carbocycles. The first-order valence-corrected chi connectivity index (χ1v) is 10.3. The van der Waals surface area contributed by atoms with Crippen molar-refractivity contribution in [1.29, 1.82) is 0 Å². The van der Waals surface area contributed by atoms with Crippen molar-refractivity contribution >= 4 is 17.5 Å². The fourth-order valence-electron chi connectivity index (χ4n) is 3.42. The van der Waals surface area contributed by atoms with Crippen LogP contribution in [0.1, 0.15) is 36.6 Å². The fraction of sp³-hybridized carbons (Fsp3) is 0.381. The number of halogens is 1. The lowest BCUT2D eigenvalue weighted by molar-refractivity contribution is -0.139. The molecule has 2 aromatic heterocycles. The highest BCUT2D eigenvalue weighted by atomic mass is 35.5. The van der Waals surface area contributed by atoms with Crippen LogP contribution in [-0.4, -0.2) is 50.6 Å². The largest absolute Gasteiger partial charge is 0.368 e. The average Bonchev–Trinajstić information content (AvgIpc) is 3.27. The first-order valence-electron chi connectivity index (χ1n) is 9.90. The lowest BCUT2D eigenvalue weighted by Gasteiger charge is -2.33. The van der Waals surface area contributed by atoms with Crippen LogP contribution in [0.15, 0.2) is 41.3 Å². The van der Waals surface area contributed by atoms with Crippen LogP contribution >= 0.6 is 11.6 Å². The fourth-order valence-corrected chi connectivity index (χ4v) is 3.63. The van der Waals surface area contributed by atoms with Gasteiger partial charge in [0.2, 0.25) is 17.6 Å². The lowest BCUT2D eigenvalue weighted by Crippen LogP contribution is -2.42. The first kappa shape index (κ1) is 20.4. The predicted molar refractivity (Wildman–Crippen MR) is 110 cm³/mol. The summed E-state index contributed by atoms with van der Waals surface area (Å²) in [6.45, 7) is 3.34. The van der Waals surface area contributed by atoms with Crippen molar-refractivity contribution < 1.29 is 14.1 Å². The van der Waals surface area contributed by atoms with Crippen LogP contribution in [0.4, 0.5) is 0 Å². The number of carbonyl (C=O) groups is 1. The number of hydrogen-bond donors (Lipinski definition) is 0. The van der Waals surface area contributed by atoms with Gasteiger partial charge in [-0.3, -0.25) is 4.79 Å².